The maximum Gasteiger partial charge on any atom is 0.240 e. The summed E-state index contributed by atoms with van der Waals surface area (Å²) in [5.74, 6) is -0.529. The molecule has 1 amide bonds. The molecule has 0 saturated heterocycles. The lowest BCUT2D eigenvalue weighted by Crippen LogP contribution is -2.48. The standard InChI is InChI=1S/C10H21NO4S/c1-5-8(12)6-7-11-9(13)10(2,3)16(4,14)15/h8,12H,5-7H2,1-4H3,(H,11,13). The van der Waals surface area contributed by atoms with Gasteiger partial charge < -0.3 is 10.4 Å². The summed E-state index contributed by atoms with van der Waals surface area (Å²) in [5.41, 5.74) is 0. The molecule has 0 aromatic carbocycles. The summed E-state index contributed by atoms with van der Waals surface area (Å²) in [4.78, 5) is 11.6. The lowest BCUT2D eigenvalue weighted by Gasteiger charge is -2.21. The third-order valence-corrected chi connectivity index (χ3v) is 4.75. The second-order valence-corrected chi connectivity index (χ2v) is 6.95. The van der Waals surface area contributed by atoms with Gasteiger partial charge in [0, 0.05) is 12.8 Å². The predicted molar refractivity (Wildman–Crippen MR) is 62.8 cm³/mol. The Labute approximate surface area is 97.2 Å². The van der Waals surface area contributed by atoms with Crippen molar-refractivity contribution in [3.8, 4) is 0 Å². The summed E-state index contributed by atoms with van der Waals surface area (Å²) >= 11 is 0. The number of aliphatic hydroxyl groups is 1. The average Bonchev–Trinajstić information content (AvgIpc) is 2.15. The van der Waals surface area contributed by atoms with Crippen LogP contribution in [0.2, 0.25) is 0 Å². The topological polar surface area (TPSA) is 83.5 Å². The molecule has 2 N–H and O–H groups in total. The van der Waals surface area contributed by atoms with Crippen molar-refractivity contribution < 1.29 is 18.3 Å². The Kier molecular flexibility index (Phi) is 5.41. The first kappa shape index (κ1) is 15.4. The summed E-state index contributed by atoms with van der Waals surface area (Å²) in [7, 11) is -3.43. The summed E-state index contributed by atoms with van der Waals surface area (Å²) in [6.45, 7) is 4.86. The predicted octanol–water partition coefficient (Wildman–Crippen LogP) is 0.0868. The molecule has 0 radical (unpaired) electrons. The number of amides is 1. The van der Waals surface area contributed by atoms with Gasteiger partial charge in [0.15, 0.2) is 9.84 Å². The third kappa shape index (κ3) is 4.09. The van der Waals surface area contributed by atoms with Crippen LogP contribution in [0, 0.1) is 0 Å². The van der Waals surface area contributed by atoms with Crippen LogP contribution in [0.4, 0.5) is 0 Å². The average molecular weight is 251 g/mol. The van der Waals surface area contributed by atoms with Crippen LogP contribution in [0.5, 0.6) is 0 Å². The minimum absolute atomic E-state index is 0.285. The maximum atomic E-state index is 11.6. The van der Waals surface area contributed by atoms with Gasteiger partial charge in [-0.2, -0.15) is 0 Å². The van der Waals surface area contributed by atoms with Crippen molar-refractivity contribution in [2.75, 3.05) is 12.8 Å². The molecule has 0 heterocycles. The third-order valence-electron chi connectivity index (χ3n) is 2.71. The fourth-order valence-corrected chi connectivity index (χ4v) is 1.35. The fraction of sp³-hybridized carbons (Fsp3) is 0.900. The Morgan fingerprint density at radius 1 is 1.44 bits per heavy atom. The molecule has 0 fully saturated rings. The van der Waals surface area contributed by atoms with Crippen LogP contribution in [-0.2, 0) is 14.6 Å². The van der Waals surface area contributed by atoms with E-state index < -0.39 is 26.6 Å². The molecule has 1 atom stereocenters. The molecule has 0 aromatic rings. The summed E-state index contributed by atoms with van der Waals surface area (Å²) < 4.78 is 21.2. The number of aliphatic hydroxyl groups excluding tert-OH is 1. The number of hydrogen-bond donors (Lipinski definition) is 2. The fourth-order valence-electron chi connectivity index (χ4n) is 0.938. The second-order valence-electron chi connectivity index (χ2n) is 4.39. The molecular formula is C10H21NO4S. The Balaban J connectivity index is 4.28. The Morgan fingerprint density at radius 2 is 1.94 bits per heavy atom. The zero-order valence-electron chi connectivity index (χ0n) is 10.3. The van der Waals surface area contributed by atoms with Gasteiger partial charge >= 0.3 is 0 Å². The van der Waals surface area contributed by atoms with Crippen molar-refractivity contribution in [3.63, 3.8) is 0 Å². The van der Waals surface area contributed by atoms with Gasteiger partial charge in [0.25, 0.3) is 0 Å². The van der Waals surface area contributed by atoms with E-state index in [0.29, 0.717) is 12.8 Å². The number of hydrogen-bond acceptors (Lipinski definition) is 4. The molecule has 0 spiro atoms. The highest BCUT2D eigenvalue weighted by Crippen LogP contribution is 2.14. The quantitative estimate of drug-likeness (QED) is 0.700. The van der Waals surface area contributed by atoms with E-state index in [1.54, 1.807) is 0 Å². The minimum Gasteiger partial charge on any atom is -0.393 e. The molecule has 16 heavy (non-hydrogen) atoms. The number of carbonyl (C=O) groups excluding carboxylic acids is 1. The normalized spacial score (nSPS) is 14.6. The zero-order chi connectivity index (χ0) is 13.0. The number of nitrogens with one attached hydrogen (secondary N) is 1. The number of carbonyl (C=O) groups is 1. The van der Waals surface area contributed by atoms with E-state index in [1.165, 1.54) is 13.8 Å². The highest BCUT2D eigenvalue weighted by Gasteiger charge is 2.38. The van der Waals surface area contributed by atoms with E-state index in [9.17, 15) is 18.3 Å². The van der Waals surface area contributed by atoms with Crippen LogP contribution in [0.25, 0.3) is 0 Å². The molecule has 96 valence electrons. The molecule has 0 aliphatic rings. The Bertz CT molecular complexity index is 335. The van der Waals surface area contributed by atoms with Crippen LogP contribution in [0.1, 0.15) is 33.6 Å². The molecule has 0 aliphatic heterocycles. The number of rotatable bonds is 6. The van der Waals surface area contributed by atoms with E-state index in [-0.39, 0.29) is 6.54 Å². The monoisotopic (exact) mass is 251 g/mol. The van der Waals surface area contributed by atoms with Crippen molar-refractivity contribution in [1.82, 2.24) is 5.32 Å². The molecule has 5 nitrogen and oxygen atoms in total. The first-order valence-electron chi connectivity index (χ1n) is 5.29. The van der Waals surface area contributed by atoms with Gasteiger partial charge in [-0.05, 0) is 26.7 Å². The Morgan fingerprint density at radius 3 is 2.31 bits per heavy atom. The number of sulfone groups is 1. The van der Waals surface area contributed by atoms with E-state index in [4.69, 9.17) is 0 Å². The smallest absolute Gasteiger partial charge is 0.240 e. The molecule has 0 aliphatic carbocycles. The van der Waals surface area contributed by atoms with Crippen LogP contribution in [-0.4, -0.2) is 43.1 Å². The summed E-state index contributed by atoms with van der Waals surface area (Å²) in [5, 5.41) is 11.8. The van der Waals surface area contributed by atoms with Crippen molar-refractivity contribution in [2.24, 2.45) is 0 Å². The van der Waals surface area contributed by atoms with E-state index in [2.05, 4.69) is 5.32 Å². The van der Waals surface area contributed by atoms with Gasteiger partial charge in [-0.25, -0.2) is 8.42 Å². The molecule has 0 saturated carbocycles. The molecule has 0 rings (SSSR count). The van der Waals surface area contributed by atoms with Crippen molar-refractivity contribution >= 4 is 15.7 Å². The second kappa shape index (κ2) is 5.63. The minimum atomic E-state index is -3.43. The van der Waals surface area contributed by atoms with Crippen LogP contribution < -0.4 is 5.32 Å². The van der Waals surface area contributed by atoms with Gasteiger partial charge in [0.05, 0.1) is 6.10 Å². The summed E-state index contributed by atoms with van der Waals surface area (Å²) in [6, 6.07) is 0. The van der Waals surface area contributed by atoms with Crippen molar-refractivity contribution in [2.45, 2.75) is 44.5 Å². The zero-order valence-corrected chi connectivity index (χ0v) is 11.1. The molecule has 6 heteroatoms. The first-order valence-corrected chi connectivity index (χ1v) is 7.18. The van der Waals surface area contributed by atoms with E-state index >= 15 is 0 Å². The van der Waals surface area contributed by atoms with Crippen LogP contribution in [0.15, 0.2) is 0 Å². The SMILES string of the molecule is CCC(O)CCNC(=O)C(C)(C)S(C)(=O)=O. The van der Waals surface area contributed by atoms with Gasteiger partial charge in [0.1, 0.15) is 4.75 Å². The lowest BCUT2D eigenvalue weighted by molar-refractivity contribution is -0.122. The summed E-state index contributed by atoms with van der Waals surface area (Å²) in [6.07, 6.45) is 1.63. The first-order chi connectivity index (χ1) is 7.13. The Hall–Kier alpha value is -0.620. The van der Waals surface area contributed by atoms with Crippen molar-refractivity contribution in [3.05, 3.63) is 0 Å². The lowest BCUT2D eigenvalue weighted by atomic mass is 10.1. The largest absolute Gasteiger partial charge is 0.393 e. The van der Waals surface area contributed by atoms with Crippen LogP contribution >= 0.6 is 0 Å². The molecular weight excluding hydrogens is 230 g/mol. The molecule has 1 unspecified atom stereocenters. The van der Waals surface area contributed by atoms with Gasteiger partial charge in [0.2, 0.25) is 5.91 Å². The highest BCUT2D eigenvalue weighted by molar-refractivity contribution is 7.92. The van der Waals surface area contributed by atoms with Crippen LogP contribution in [0.3, 0.4) is 0 Å². The van der Waals surface area contributed by atoms with Gasteiger partial charge in [-0.1, -0.05) is 6.92 Å². The highest BCUT2D eigenvalue weighted by atomic mass is 32.2. The molecule has 0 bridgehead atoms. The van der Waals surface area contributed by atoms with Gasteiger partial charge in [-0.3, -0.25) is 4.79 Å². The maximum absolute atomic E-state index is 11.6. The van der Waals surface area contributed by atoms with Gasteiger partial charge in [-0.15, -0.1) is 0 Å². The van der Waals surface area contributed by atoms with E-state index in [1.807, 2.05) is 6.92 Å². The van der Waals surface area contributed by atoms with Crippen molar-refractivity contribution in [1.29, 1.82) is 0 Å². The molecule has 0 aromatic heterocycles. The van der Waals surface area contributed by atoms with E-state index in [0.717, 1.165) is 6.26 Å².